The van der Waals surface area contributed by atoms with Gasteiger partial charge < -0.3 is 24.4 Å². The van der Waals surface area contributed by atoms with Crippen LogP contribution in [0.15, 0.2) is 65.1 Å². The van der Waals surface area contributed by atoms with Gasteiger partial charge in [0.2, 0.25) is 10.0 Å². The molecule has 0 fully saturated rings. The fourth-order valence-corrected chi connectivity index (χ4v) is 5.71. The van der Waals surface area contributed by atoms with Gasteiger partial charge in [0.25, 0.3) is 0 Å². The van der Waals surface area contributed by atoms with E-state index < -0.39 is 34.2 Å². The second kappa shape index (κ2) is 11.6. The SMILES string of the molecule is C[C@H](N)C(=O)OC[C@@H]1CN(S(C)(=O)=O)c2cc3oc(-c4ccc(Oc5ccc(F)cc5)cc4)c(C=O)c3cc2[C@H](C)O1. The number of nitrogens with two attached hydrogens (primary N) is 1. The first-order valence-corrected chi connectivity index (χ1v) is 14.9. The number of carbonyl (C=O) groups is 2. The molecule has 0 bridgehead atoms. The summed E-state index contributed by atoms with van der Waals surface area (Å²) in [7, 11) is -3.79. The Morgan fingerprint density at radius 3 is 2.38 bits per heavy atom. The van der Waals surface area contributed by atoms with Crippen molar-refractivity contribution in [3.63, 3.8) is 0 Å². The lowest BCUT2D eigenvalue weighted by atomic mass is 10.0. The van der Waals surface area contributed by atoms with E-state index in [4.69, 9.17) is 24.4 Å². The van der Waals surface area contributed by atoms with Gasteiger partial charge in [0, 0.05) is 22.6 Å². The molecule has 4 aromatic rings. The molecule has 0 saturated carbocycles. The van der Waals surface area contributed by atoms with E-state index in [0.717, 1.165) is 6.26 Å². The van der Waals surface area contributed by atoms with Crippen molar-refractivity contribution in [3.8, 4) is 22.8 Å². The highest BCUT2D eigenvalue weighted by atomic mass is 32.2. The fourth-order valence-electron chi connectivity index (χ4n) is 4.75. The lowest BCUT2D eigenvalue weighted by molar-refractivity contribution is -0.150. The number of rotatable bonds is 8. The van der Waals surface area contributed by atoms with Crippen molar-refractivity contribution in [1.82, 2.24) is 0 Å². The van der Waals surface area contributed by atoms with Crippen molar-refractivity contribution in [2.75, 3.05) is 23.7 Å². The topological polar surface area (TPSA) is 138 Å². The van der Waals surface area contributed by atoms with Gasteiger partial charge in [-0.05, 0) is 68.4 Å². The van der Waals surface area contributed by atoms with Crippen LogP contribution < -0.4 is 14.8 Å². The molecule has 0 unspecified atom stereocenters. The van der Waals surface area contributed by atoms with Crippen molar-refractivity contribution in [2.24, 2.45) is 5.73 Å². The molecule has 0 saturated heterocycles. The largest absolute Gasteiger partial charge is 0.462 e. The molecule has 42 heavy (non-hydrogen) atoms. The Labute approximate surface area is 241 Å². The zero-order chi connectivity index (χ0) is 30.2. The molecular weight excluding hydrogens is 567 g/mol. The van der Waals surface area contributed by atoms with Gasteiger partial charge in [0.15, 0.2) is 6.29 Å². The first-order chi connectivity index (χ1) is 19.9. The highest BCUT2D eigenvalue weighted by Crippen LogP contribution is 2.42. The van der Waals surface area contributed by atoms with Crippen LogP contribution in [-0.4, -0.2) is 52.2 Å². The highest BCUT2D eigenvalue weighted by molar-refractivity contribution is 7.92. The number of sulfonamides is 1. The van der Waals surface area contributed by atoms with Crippen LogP contribution in [0.25, 0.3) is 22.3 Å². The second-order valence-electron chi connectivity index (χ2n) is 10.1. The first-order valence-electron chi connectivity index (χ1n) is 13.1. The van der Waals surface area contributed by atoms with Crippen molar-refractivity contribution >= 4 is 38.9 Å². The number of furan rings is 1. The summed E-state index contributed by atoms with van der Waals surface area (Å²) >= 11 is 0. The minimum atomic E-state index is -3.79. The van der Waals surface area contributed by atoms with Crippen LogP contribution in [0.2, 0.25) is 0 Å². The third-order valence-electron chi connectivity index (χ3n) is 6.82. The molecule has 1 aliphatic rings. The van der Waals surface area contributed by atoms with E-state index in [0.29, 0.717) is 51.3 Å². The van der Waals surface area contributed by atoms with Crippen LogP contribution in [0, 0.1) is 5.82 Å². The molecule has 2 N–H and O–H groups in total. The molecule has 0 amide bonds. The van der Waals surface area contributed by atoms with Crippen LogP contribution in [-0.2, 0) is 24.3 Å². The smallest absolute Gasteiger partial charge is 0.322 e. The van der Waals surface area contributed by atoms with Crippen LogP contribution >= 0.6 is 0 Å². The van der Waals surface area contributed by atoms with Crippen LogP contribution in [0.3, 0.4) is 0 Å². The van der Waals surface area contributed by atoms with Gasteiger partial charge in [-0.15, -0.1) is 0 Å². The molecule has 5 rings (SSSR count). The number of nitrogens with zero attached hydrogens (tertiary/aromatic N) is 1. The predicted molar refractivity (Wildman–Crippen MR) is 154 cm³/mol. The molecule has 3 aromatic carbocycles. The molecule has 3 atom stereocenters. The predicted octanol–water partition coefficient (Wildman–Crippen LogP) is 4.96. The maximum Gasteiger partial charge on any atom is 0.322 e. The Hall–Kier alpha value is -4.26. The molecule has 2 heterocycles. The minimum absolute atomic E-state index is 0.114. The van der Waals surface area contributed by atoms with E-state index in [1.165, 1.54) is 35.5 Å². The van der Waals surface area contributed by atoms with Gasteiger partial charge in [-0.2, -0.15) is 0 Å². The van der Waals surface area contributed by atoms with E-state index in [2.05, 4.69) is 0 Å². The molecule has 12 heteroatoms. The zero-order valence-electron chi connectivity index (χ0n) is 23.1. The lowest BCUT2D eigenvalue weighted by Gasteiger charge is -2.24. The van der Waals surface area contributed by atoms with Gasteiger partial charge in [-0.1, -0.05) is 0 Å². The molecule has 10 nitrogen and oxygen atoms in total. The summed E-state index contributed by atoms with van der Waals surface area (Å²) in [5.74, 6) is 0.258. The molecule has 0 radical (unpaired) electrons. The number of aldehydes is 1. The van der Waals surface area contributed by atoms with E-state index in [1.807, 2.05) is 0 Å². The maximum absolute atomic E-state index is 13.2. The maximum atomic E-state index is 13.2. The Balaban J connectivity index is 1.50. The van der Waals surface area contributed by atoms with E-state index in [-0.39, 0.29) is 24.5 Å². The van der Waals surface area contributed by atoms with Gasteiger partial charge >= 0.3 is 5.97 Å². The number of esters is 1. The number of halogens is 1. The second-order valence-corrected chi connectivity index (χ2v) is 12.0. The summed E-state index contributed by atoms with van der Waals surface area (Å²) in [6.07, 6.45) is 0.370. The highest BCUT2D eigenvalue weighted by Gasteiger charge is 2.34. The normalized spacial score (nSPS) is 17.8. The van der Waals surface area contributed by atoms with Crippen molar-refractivity contribution < 1.29 is 41.0 Å². The average molecular weight is 597 g/mol. The molecule has 220 valence electrons. The summed E-state index contributed by atoms with van der Waals surface area (Å²) in [5.41, 5.74) is 7.60. The summed E-state index contributed by atoms with van der Waals surface area (Å²) < 4.78 is 63.3. The van der Waals surface area contributed by atoms with Gasteiger partial charge in [0.05, 0.1) is 30.2 Å². The molecule has 1 aliphatic heterocycles. The molecule has 0 aliphatic carbocycles. The van der Waals surface area contributed by atoms with Crippen molar-refractivity contribution in [2.45, 2.75) is 32.1 Å². The van der Waals surface area contributed by atoms with E-state index >= 15 is 0 Å². The number of anilines is 1. The quantitative estimate of drug-likeness (QED) is 0.221. The number of hydrogen-bond donors (Lipinski definition) is 1. The lowest BCUT2D eigenvalue weighted by Crippen LogP contribution is -2.40. The Morgan fingerprint density at radius 1 is 1.14 bits per heavy atom. The van der Waals surface area contributed by atoms with Crippen molar-refractivity contribution in [3.05, 3.63) is 77.6 Å². The molecular formula is C30H29FN2O8S. The number of ether oxygens (including phenoxy) is 3. The summed E-state index contributed by atoms with van der Waals surface area (Å²) in [6.45, 7) is 2.93. The Kier molecular flexibility index (Phi) is 8.04. The van der Waals surface area contributed by atoms with Crippen LogP contribution in [0.1, 0.15) is 35.9 Å². The van der Waals surface area contributed by atoms with E-state index in [9.17, 15) is 22.4 Å². The Morgan fingerprint density at radius 2 is 1.79 bits per heavy atom. The monoisotopic (exact) mass is 596 g/mol. The number of benzene rings is 3. The first kappa shape index (κ1) is 29.2. The summed E-state index contributed by atoms with van der Waals surface area (Å²) in [4.78, 5) is 24.2. The van der Waals surface area contributed by atoms with E-state index in [1.54, 1.807) is 43.3 Å². The van der Waals surface area contributed by atoms with Crippen LogP contribution in [0.5, 0.6) is 11.5 Å². The number of carbonyl (C=O) groups excluding carboxylic acids is 2. The Bertz CT molecular complexity index is 1730. The summed E-state index contributed by atoms with van der Waals surface area (Å²) in [5, 5.41) is 0.483. The number of hydrogen-bond acceptors (Lipinski definition) is 9. The standard InChI is InChI=1S/C30H29FN2O8S/c1-17(32)30(35)38-16-23-14-33(42(3,36)37)27-13-28-25(12-24(27)18(2)39-23)26(15-34)29(41-28)19-4-8-21(9-5-19)40-22-10-6-20(31)7-11-22/h4-13,15,17-18,23H,14,16,32H2,1-3H3/t17-,18-,23-/m0/s1. The van der Waals surface area contributed by atoms with Crippen LogP contribution in [0.4, 0.5) is 10.1 Å². The molecule has 1 aromatic heterocycles. The minimum Gasteiger partial charge on any atom is -0.462 e. The fraction of sp³-hybridized carbons (Fsp3) is 0.267. The van der Waals surface area contributed by atoms with Gasteiger partial charge in [-0.3, -0.25) is 13.9 Å². The van der Waals surface area contributed by atoms with Crippen molar-refractivity contribution in [1.29, 1.82) is 0 Å². The third-order valence-corrected chi connectivity index (χ3v) is 7.96. The summed E-state index contributed by atoms with van der Waals surface area (Å²) in [6, 6.07) is 14.9. The zero-order valence-corrected chi connectivity index (χ0v) is 23.9. The average Bonchev–Trinajstić information content (AvgIpc) is 3.24. The van der Waals surface area contributed by atoms with Gasteiger partial charge in [0.1, 0.15) is 47.4 Å². The molecule has 0 spiro atoms. The third kappa shape index (κ3) is 6.01. The number of fused-ring (bicyclic) bond motifs is 2. The van der Waals surface area contributed by atoms with Gasteiger partial charge in [-0.25, -0.2) is 12.8 Å².